The monoisotopic (exact) mass is 413 g/mol. The van der Waals surface area contributed by atoms with Crippen molar-refractivity contribution in [2.75, 3.05) is 6.54 Å². The van der Waals surface area contributed by atoms with Gasteiger partial charge >= 0.3 is 12.1 Å². The average molecular weight is 413 g/mol. The molecule has 0 atom stereocenters. The zero-order valence-corrected chi connectivity index (χ0v) is 15.7. The number of rotatable bonds is 7. The average Bonchev–Trinajstić information content (AvgIpc) is 2.64. The van der Waals surface area contributed by atoms with Gasteiger partial charge in [0.1, 0.15) is 13.2 Å². The molecule has 0 aliphatic rings. The van der Waals surface area contributed by atoms with Crippen molar-refractivity contribution in [3.63, 3.8) is 0 Å². The van der Waals surface area contributed by atoms with Crippen LogP contribution in [0, 0.1) is 6.92 Å². The number of carbonyl (C=O) groups excluding carboxylic acids is 1. The summed E-state index contributed by atoms with van der Waals surface area (Å²) in [6.45, 7) is 1.04. The van der Waals surface area contributed by atoms with Gasteiger partial charge in [0.25, 0.3) is 0 Å². The van der Waals surface area contributed by atoms with E-state index >= 15 is 0 Å². The van der Waals surface area contributed by atoms with Gasteiger partial charge in [-0.05, 0) is 36.3 Å². The van der Waals surface area contributed by atoms with Crippen molar-refractivity contribution in [3.05, 3.63) is 76.2 Å². The minimum absolute atomic E-state index is 0.266. The van der Waals surface area contributed by atoms with Gasteiger partial charge < -0.3 is 4.74 Å². The molecule has 0 radical (unpaired) electrons. The summed E-state index contributed by atoms with van der Waals surface area (Å²) in [6.07, 6.45) is -3.06. The molecule has 5 nitrogen and oxygen atoms in total. The molecule has 0 fully saturated rings. The van der Waals surface area contributed by atoms with Crippen LogP contribution in [0.1, 0.15) is 22.3 Å². The second-order valence-electron chi connectivity index (χ2n) is 5.93. The number of nitrogens with one attached hydrogen (secondary N) is 1. The molecule has 0 aromatic heterocycles. The summed E-state index contributed by atoms with van der Waals surface area (Å²) in [4.78, 5) is 11.6. The minimum Gasteiger partial charge on any atom is -0.460 e. The molecule has 0 heterocycles. The number of esters is 1. The molecule has 9 heteroatoms. The highest BCUT2D eigenvalue weighted by atomic mass is 32.2. The minimum atomic E-state index is -4.44. The number of hydrogen-bond donors (Lipinski definition) is 1. The molecule has 0 saturated heterocycles. The largest absolute Gasteiger partial charge is 0.460 e. The third kappa shape index (κ3) is 7.16. The molecule has 0 saturated carbocycles. The Bertz CT molecular complexity index is 935. The molecule has 1 N–H and O–H groups in total. The number of hydrogen-bond acceptors (Lipinski definition) is 4. The number of alkyl halides is 3. The quantitative estimate of drug-likeness (QED) is 0.704. The van der Waals surface area contributed by atoms with Crippen molar-refractivity contribution in [2.45, 2.75) is 19.7 Å². The fraction of sp³-hybridized carbons (Fsp3) is 0.211. The highest BCUT2D eigenvalue weighted by molar-refractivity contribution is 7.92. The summed E-state index contributed by atoms with van der Waals surface area (Å²) in [5.74, 6) is -0.854. The van der Waals surface area contributed by atoms with Crippen LogP contribution in [0.25, 0.3) is 6.08 Å². The molecule has 0 unspecified atom stereocenters. The van der Waals surface area contributed by atoms with Crippen LogP contribution in [0.4, 0.5) is 13.2 Å². The summed E-state index contributed by atoms with van der Waals surface area (Å²) in [5, 5.41) is 0.931. The van der Waals surface area contributed by atoms with E-state index in [-0.39, 0.29) is 6.61 Å². The summed E-state index contributed by atoms with van der Waals surface area (Å²) < 4.78 is 68.1. The summed E-state index contributed by atoms with van der Waals surface area (Å²) in [6, 6.07) is 11.3. The summed E-state index contributed by atoms with van der Waals surface area (Å²) in [5.41, 5.74) is 1.26. The Hall–Kier alpha value is -2.65. The normalized spacial score (nSPS) is 12.3. The standard InChI is InChI=1S/C19H18F3NO4S/c1-14-2-4-15(5-3-14)10-11-28(25,26)23-12-18(24)27-13-16-6-8-17(9-7-16)19(20,21)22/h2-11,23H,12-13H2,1H3/b11-10+. The first-order valence-electron chi connectivity index (χ1n) is 8.11. The van der Waals surface area contributed by atoms with Crippen LogP contribution in [0.15, 0.2) is 53.9 Å². The van der Waals surface area contributed by atoms with Gasteiger partial charge in [0.15, 0.2) is 0 Å². The second-order valence-corrected chi connectivity index (χ2v) is 7.59. The van der Waals surface area contributed by atoms with Gasteiger partial charge in [0, 0.05) is 5.41 Å². The second kappa shape index (κ2) is 9.03. The zero-order chi connectivity index (χ0) is 20.8. The van der Waals surface area contributed by atoms with Gasteiger partial charge in [-0.2, -0.15) is 13.2 Å². The van der Waals surface area contributed by atoms with Crippen molar-refractivity contribution < 1.29 is 31.1 Å². The molecule has 0 aliphatic heterocycles. The Morgan fingerprint density at radius 2 is 1.68 bits per heavy atom. The lowest BCUT2D eigenvalue weighted by Gasteiger charge is -2.08. The van der Waals surface area contributed by atoms with Crippen LogP contribution in [0.2, 0.25) is 0 Å². The van der Waals surface area contributed by atoms with Crippen LogP contribution >= 0.6 is 0 Å². The van der Waals surface area contributed by atoms with Crippen LogP contribution < -0.4 is 4.72 Å². The molecule has 0 aliphatic carbocycles. The highest BCUT2D eigenvalue weighted by Crippen LogP contribution is 2.29. The smallest absolute Gasteiger partial charge is 0.416 e. The molecule has 28 heavy (non-hydrogen) atoms. The van der Waals surface area contributed by atoms with Crippen molar-refractivity contribution in [1.82, 2.24) is 4.72 Å². The number of ether oxygens (including phenoxy) is 1. The van der Waals surface area contributed by atoms with Crippen molar-refractivity contribution in [3.8, 4) is 0 Å². The van der Waals surface area contributed by atoms with Crippen LogP contribution in [-0.2, 0) is 32.3 Å². The van der Waals surface area contributed by atoms with Gasteiger partial charge in [-0.15, -0.1) is 0 Å². The molecule has 150 valence electrons. The third-order valence-electron chi connectivity index (χ3n) is 3.62. The van der Waals surface area contributed by atoms with Crippen LogP contribution in [-0.4, -0.2) is 20.9 Å². The predicted molar refractivity (Wildman–Crippen MR) is 98.4 cm³/mol. The van der Waals surface area contributed by atoms with Gasteiger partial charge in [0.2, 0.25) is 10.0 Å². The van der Waals surface area contributed by atoms with Crippen molar-refractivity contribution >= 4 is 22.1 Å². The number of carbonyl (C=O) groups is 1. The molecule has 0 spiro atoms. The van der Waals surface area contributed by atoms with Crippen LogP contribution in [0.5, 0.6) is 0 Å². The first-order chi connectivity index (χ1) is 13.0. The van der Waals surface area contributed by atoms with E-state index in [2.05, 4.69) is 4.72 Å². The molecule has 0 amide bonds. The van der Waals surface area contributed by atoms with E-state index in [4.69, 9.17) is 4.74 Å². The topological polar surface area (TPSA) is 72.5 Å². The van der Waals surface area contributed by atoms with Gasteiger partial charge in [-0.1, -0.05) is 42.0 Å². The summed E-state index contributed by atoms with van der Waals surface area (Å²) in [7, 11) is -3.85. The third-order valence-corrected chi connectivity index (χ3v) is 4.66. The zero-order valence-electron chi connectivity index (χ0n) is 14.9. The predicted octanol–water partition coefficient (Wildman–Crippen LogP) is 3.65. The fourth-order valence-electron chi connectivity index (χ4n) is 2.06. The SMILES string of the molecule is Cc1ccc(/C=C/S(=O)(=O)NCC(=O)OCc2ccc(C(F)(F)F)cc2)cc1. The number of halogens is 3. The van der Waals surface area contributed by atoms with Gasteiger partial charge in [-0.25, -0.2) is 13.1 Å². The number of sulfonamides is 1. The molecule has 2 rings (SSSR count). The molecule has 0 bridgehead atoms. The molecule has 2 aromatic rings. The van der Waals surface area contributed by atoms with E-state index in [9.17, 15) is 26.4 Å². The van der Waals surface area contributed by atoms with E-state index in [0.29, 0.717) is 11.1 Å². The highest BCUT2D eigenvalue weighted by Gasteiger charge is 2.29. The molecular weight excluding hydrogens is 395 g/mol. The number of benzene rings is 2. The Kier molecular flexibility index (Phi) is 6.98. The fourth-order valence-corrected chi connectivity index (χ4v) is 2.81. The first-order valence-corrected chi connectivity index (χ1v) is 9.66. The van der Waals surface area contributed by atoms with E-state index in [0.717, 1.165) is 23.1 Å². The maximum atomic E-state index is 12.5. The maximum absolute atomic E-state index is 12.5. The first kappa shape index (κ1) is 21.6. The maximum Gasteiger partial charge on any atom is 0.416 e. The van der Waals surface area contributed by atoms with E-state index in [1.165, 1.54) is 18.2 Å². The Labute approximate surface area is 160 Å². The van der Waals surface area contributed by atoms with E-state index in [1.54, 1.807) is 12.1 Å². The lowest BCUT2D eigenvalue weighted by Crippen LogP contribution is -2.29. The van der Waals surface area contributed by atoms with Gasteiger partial charge in [0.05, 0.1) is 5.56 Å². The summed E-state index contributed by atoms with van der Waals surface area (Å²) >= 11 is 0. The lowest BCUT2D eigenvalue weighted by molar-refractivity contribution is -0.143. The number of aryl methyl sites for hydroxylation is 1. The van der Waals surface area contributed by atoms with Crippen molar-refractivity contribution in [1.29, 1.82) is 0 Å². The van der Waals surface area contributed by atoms with Crippen LogP contribution in [0.3, 0.4) is 0 Å². The van der Waals surface area contributed by atoms with Gasteiger partial charge in [-0.3, -0.25) is 4.79 Å². The Morgan fingerprint density at radius 3 is 2.25 bits per heavy atom. The van der Waals surface area contributed by atoms with E-state index in [1.807, 2.05) is 19.1 Å². The van der Waals surface area contributed by atoms with E-state index < -0.39 is 34.3 Å². The van der Waals surface area contributed by atoms with Crippen molar-refractivity contribution in [2.24, 2.45) is 0 Å². The molecule has 2 aromatic carbocycles. The Morgan fingerprint density at radius 1 is 1.07 bits per heavy atom. The molecular formula is C19H18F3NO4S. The Balaban J connectivity index is 1.81. The lowest BCUT2D eigenvalue weighted by atomic mass is 10.1.